The van der Waals surface area contributed by atoms with Crippen molar-refractivity contribution in [1.29, 1.82) is 0 Å². The monoisotopic (exact) mass is 553 g/mol. The first-order valence-corrected chi connectivity index (χ1v) is 12.4. The highest BCUT2D eigenvalue weighted by Gasteiger charge is 2.38. The van der Waals surface area contributed by atoms with Gasteiger partial charge in [0.1, 0.15) is 11.5 Å². The number of likely N-dealkylation sites (tertiary alicyclic amines) is 1. The van der Waals surface area contributed by atoms with Gasteiger partial charge in [-0.3, -0.25) is 9.59 Å². The van der Waals surface area contributed by atoms with Gasteiger partial charge in [0.25, 0.3) is 5.91 Å². The molecule has 2 aromatic rings. The Kier molecular flexibility index (Phi) is 11.1. The summed E-state index contributed by atoms with van der Waals surface area (Å²) >= 11 is 0. The van der Waals surface area contributed by atoms with Gasteiger partial charge in [0, 0.05) is 30.8 Å². The molecule has 0 aliphatic carbocycles. The highest BCUT2D eigenvalue weighted by molar-refractivity contribution is 5.94. The topological polar surface area (TPSA) is 142 Å². The fourth-order valence-electron chi connectivity index (χ4n) is 4.17. The van der Waals surface area contributed by atoms with Gasteiger partial charge in [-0.2, -0.15) is 13.2 Å². The number of carbonyl (C=O) groups excluding carboxylic acids is 2. The Morgan fingerprint density at radius 3 is 2.18 bits per heavy atom. The first kappa shape index (κ1) is 31.4. The molecule has 5 N–H and O–H groups in total. The predicted octanol–water partition coefficient (Wildman–Crippen LogP) is 3.46. The molecule has 9 nitrogen and oxygen atoms in total. The molecule has 0 spiro atoms. The highest BCUT2D eigenvalue weighted by Crippen LogP contribution is 2.24. The van der Waals surface area contributed by atoms with Gasteiger partial charge in [0.15, 0.2) is 0 Å². The Balaban J connectivity index is 0.000000673. The third kappa shape index (κ3) is 9.17. The van der Waals surface area contributed by atoms with E-state index in [-0.39, 0.29) is 24.1 Å². The van der Waals surface area contributed by atoms with Crippen LogP contribution in [-0.2, 0) is 22.6 Å². The summed E-state index contributed by atoms with van der Waals surface area (Å²) in [6.45, 7) is 7.94. The zero-order chi connectivity index (χ0) is 29.3. The van der Waals surface area contributed by atoms with Crippen molar-refractivity contribution in [2.45, 2.75) is 58.8 Å². The molecule has 1 aliphatic heterocycles. The number of hydrogen-bond acceptors (Lipinski definition) is 6. The molecule has 1 atom stereocenters. The van der Waals surface area contributed by atoms with E-state index in [4.69, 9.17) is 20.4 Å². The number of alkyl halides is 3. The molecule has 1 aliphatic rings. The third-order valence-corrected chi connectivity index (χ3v) is 6.14. The number of nitrogens with two attached hydrogens (primary N) is 1. The van der Waals surface area contributed by atoms with Crippen LogP contribution in [0.4, 0.5) is 13.2 Å². The van der Waals surface area contributed by atoms with Crippen LogP contribution in [0, 0.1) is 13.8 Å². The van der Waals surface area contributed by atoms with Crippen LogP contribution >= 0.6 is 0 Å². The van der Waals surface area contributed by atoms with E-state index in [1.54, 1.807) is 30.3 Å². The van der Waals surface area contributed by atoms with Crippen LogP contribution in [0.25, 0.3) is 0 Å². The van der Waals surface area contributed by atoms with E-state index in [1.165, 1.54) is 0 Å². The summed E-state index contributed by atoms with van der Waals surface area (Å²) in [7, 11) is 0. The average molecular weight is 554 g/mol. The van der Waals surface area contributed by atoms with E-state index in [1.807, 2.05) is 25.7 Å². The van der Waals surface area contributed by atoms with Crippen molar-refractivity contribution in [2.24, 2.45) is 5.73 Å². The van der Waals surface area contributed by atoms with E-state index in [2.05, 4.69) is 5.32 Å². The number of aromatic hydroxyl groups is 1. The number of halogens is 3. The van der Waals surface area contributed by atoms with Gasteiger partial charge in [-0.05, 0) is 87.1 Å². The number of hydrogen-bond donors (Lipinski definition) is 4. The second-order valence-electron chi connectivity index (χ2n) is 9.14. The molecule has 0 radical (unpaired) electrons. The molecule has 39 heavy (non-hydrogen) atoms. The minimum atomic E-state index is -5.08. The smallest absolute Gasteiger partial charge is 0.490 e. The molecule has 0 saturated carbocycles. The van der Waals surface area contributed by atoms with E-state index >= 15 is 0 Å². The maximum absolute atomic E-state index is 12.8. The lowest BCUT2D eigenvalue weighted by Gasteiger charge is -2.19. The normalized spacial score (nSPS) is 13.8. The van der Waals surface area contributed by atoms with E-state index in [0.717, 1.165) is 48.2 Å². The molecule has 1 heterocycles. The quantitative estimate of drug-likeness (QED) is 0.392. The van der Waals surface area contributed by atoms with Crippen LogP contribution in [0.15, 0.2) is 30.3 Å². The number of phenols is 1. The number of rotatable bonds is 8. The van der Waals surface area contributed by atoms with Crippen molar-refractivity contribution in [3.63, 3.8) is 0 Å². The fourth-order valence-corrected chi connectivity index (χ4v) is 4.17. The summed E-state index contributed by atoms with van der Waals surface area (Å²) in [5, 5.41) is 19.7. The largest absolute Gasteiger partial charge is 0.508 e. The van der Waals surface area contributed by atoms with E-state index < -0.39 is 18.2 Å². The molecular weight excluding hydrogens is 519 g/mol. The highest BCUT2D eigenvalue weighted by atomic mass is 19.4. The van der Waals surface area contributed by atoms with Gasteiger partial charge in [-0.25, -0.2) is 4.79 Å². The van der Waals surface area contributed by atoms with Gasteiger partial charge in [-0.1, -0.05) is 0 Å². The number of nitrogens with one attached hydrogen (secondary N) is 1. The second-order valence-corrected chi connectivity index (χ2v) is 9.14. The summed E-state index contributed by atoms with van der Waals surface area (Å²) in [6, 6.07) is 7.97. The molecule has 1 fully saturated rings. The second kappa shape index (κ2) is 13.8. The number of nitrogens with zero attached hydrogens (tertiary/aromatic N) is 1. The van der Waals surface area contributed by atoms with Gasteiger partial charge < -0.3 is 30.9 Å². The SMILES string of the molecule is CCOc1ccc(C(=O)N2CCCC2)cc1CNC(=O)[C@@H](N)Cc1c(C)cc(O)cc1C.O=C(O)C(F)(F)F. The van der Waals surface area contributed by atoms with E-state index in [0.29, 0.717) is 24.3 Å². The number of aryl methyl sites for hydroxylation is 2. The molecule has 0 unspecified atom stereocenters. The fraction of sp³-hybridized carbons (Fsp3) is 0.444. The van der Waals surface area contributed by atoms with Crippen LogP contribution in [0.5, 0.6) is 11.5 Å². The number of carboxylic acid groups (broad SMARTS) is 1. The lowest BCUT2D eigenvalue weighted by atomic mass is 9.96. The van der Waals surface area contributed by atoms with Crippen molar-refractivity contribution in [2.75, 3.05) is 19.7 Å². The number of amides is 2. The Labute approximate surface area is 224 Å². The number of carboxylic acids is 1. The molecule has 12 heteroatoms. The average Bonchev–Trinajstić information content (AvgIpc) is 3.40. The number of benzene rings is 2. The zero-order valence-electron chi connectivity index (χ0n) is 22.1. The number of carbonyl (C=O) groups is 3. The van der Waals surface area contributed by atoms with Crippen LogP contribution in [-0.4, -0.2) is 64.8 Å². The van der Waals surface area contributed by atoms with E-state index in [9.17, 15) is 27.9 Å². The van der Waals surface area contributed by atoms with Crippen LogP contribution in [0.1, 0.15) is 52.4 Å². The van der Waals surface area contributed by atoms with Gasteiger partial charge >= 0.3 is 12.1 Å². The predicted molar refractivity (Wildman–Crippen MR) is 138 cm³/mol. The van der Waals surface area contributed by atoms with Gasteiger partial charge in [0.05, 0.1) is 12.6 Å². The van der Waals surface area contributed by atoms with Crippen molar-refractivity contribution >= 4 is 17.8 Å². The lowest BCUT2D eigenvalue weighted by molar-refractivity contribution is -0.192. The first-order chi connectivity index (χ1) is 18.2. The number of phenolic OH excluding ortho intramolecular Hbond substituents is 1. The molecule has 0 bridgehead atoms. The Morgan fingerprint density at radius 2 is 1.67 bits per heavy atom. The number of aliphatic carboxylic acids is 1. The summed E-state index contributed by atoms with van der Waals surface area (Å²) in [4.78, 5) is 36.2. The van der Waals surface area contributed by atoms with Crippen LogP contribution < -0.4 is 15.8 Å². The summed E-state index contributed by atoms with van der Waals surface area (Å²) in [6.07, 6.45) is -2.65. The van der Waals surface area contributed by atoms with Crippen molar-refractivity contribution in [3.05, 3.63) is 58.1 Å². The van der Waals surface area contributed by atoms with Gasteiger partial charge in [-0.15, -0.1) is 0 Å². The minimum absolute atomic E-state index is 0.00751. The first-order valence-electron chi connectivity index (χ1n) is 12.4. The molecule has 214 valence electrons. The van der Waals surface area contributed by atoms with Crippen LogP contribution in [0.3, 0.4) is 0 Å². The van der Waals surface area contributed by atoms with Crippen molar-refractivity contribution < 1.29 is 42.5 Å². The summed E-state index contributed by atoms with van der Waals surface area (Å²) in [5.41, 5.74) is 10.3. The maximum atomic E-state index is 12.8. The standard InChI is InChI=1S/C25H33N3O4.C2HF3O2/c1-4-32-23-8-7-18(25(31)28-9-5-6-10-28)13-19(23)15-27-24(30)22(26)14-21-16(2)11-20(29)12-17(21)3;3-2(4,5)1(6)7/h7-8,11-13,22,29H,4-6,9-10,14-15,26H2,1-3H3,(H,27,30);(H,6,7)/t22-;/m0./s1. The molecular formula is C27H34F3N3O6. The third-order valence-electron chi connectivity index (χ3n) is 6.14. The Morgan fingerprint density at radius 1 is 1.10 bits per heavy atom. The minimum Gasteiger partial charge on any atom is -0.508 e. The van der Waals surface area contributed by atoms with Crippen LogP contribution in [0.2, 0.25) is 0 Å². The zero-order valence-corrected chi connectivity index (χ0v) is 22.1. The lowest BCUT2D eigenvalue weighted by Crippen LogP contribution is -2.42. The molecule has 1 saturated heterocycles. The van der Waals surface area contributed by atoms with Crippen molar-refractivity contribution in [3.8, 4) is 11.5 Å². The summed E-state index contributed by atoms with van der Waals surface area (Å²) < 4.78 is 37.4. The van der Waals surface area contributed by atoms with Gasteiger partial charge in [0.2, 0.25) is 5.91 Å². The Hall–Kier alpha value is -3.80. The maximum Gasteiger partial charge on any atom is 0.490 e. The molecule has 0 aromatic heterocycles. The Bertz CT molecular complexity index is 1160. The summed E-state index contributed by atoms with van der Waals surface area (Å²) in [5.74, 6) is -2.19. The molecule has 2 aromatic carbocycles. The number of ether oxygens (including phenoxy) is 1. The molecule has 2 amide bonds. The van der Waals surface area contributed by atoms with Crippen molar-refractivity contribution in [1.82, 2.24) is 10.2 Å². The molecule has 3 rings (SSSR count).